The van der Waals surface area contributed by atoms with Gasteiger partial charge in [-0.25, -0.2) is 4.68 Å². The van der Waals surface area contributed by atoms with Crippen molar-refractivity contribution < 1.29 is 4.74 Å². The van der Waals surface area contributed by atoms with E-state index in [1.54, 1.807) is 0 Å². The molecule has 5 nitrogen and oxygen atoms in total. The molecule has 0 N–H and O–H groups in total. The molecule has 4 rings (SSSR count). The number of hydrogen-bond acceptors (Lipinski definition) is 4. The van der Waals surface area contributed by atoms with Crippen molar-refractivity contribution in [1.82, 2.24) is 15.0 Å². The van der Waals surface area contributed by atoms with E-state index in [2.05, 4.69) is 77.6 Å². The van der Waals surface area contributed by atoms with E-state index in [0.29, 0.717) is 6.61 Å². The molecule has 2 aromatic carbocycles. The first-order valence-electron chi connectivity index (χ1n) is 8.60. The van der Waals surface area contributed by atoms with Crippen LogP contribution in [-0.4, -0.2) is 28.1 Å². The van der Waals surface area contributed by atoms with Gasteiger partial charge in [0.2, 0.25) is 0 Å². The van der Waals surface area contributed by atoms with E-state index >= 15 is 0 Å². The lowest BCUT2D eigenvalue weighted by Crippen LogP contribution is -2.23. The smallest absolute Gasteiger partial charge is 0.177 e. The molecule has 0 radical (unpaired) electrons. The summed E-state index contributed by atoms with van der Waals surface area (Å²) >= 11 is 0. The third-order valence-electron chi connectivity index (χ3n) is 4.66. The number of benzene rings is 2. The Morgan fingerprint density at radius 2 is 1.88 bits per heavy atom. The molecule has 1 aromatic heterocycles. The molecule has 0 bridgehead atoms. The van der Waals surface area contributed by atoms with Gasteiger partial charge in [-0.2, -0.15) is 0 Å². The molecule has 0 unspecified atom stereocenters. The zero-order valence-corrected chi connectivity index (χ0v) is 14.6. The summed E-state index contributed by atoms with van der Waals surface area (Å²) < 4.78 is 7.82. The third-order valence-corrected chi connectivity index (χ3v) is 4.66. The van der Waals surface area contributed by atoms with E-state index in [1.165, 1.54) is 16.7 Å². The minimum Gasteiger partial charge on any atom is -0.350 e. The van der Waals surface area contributed by atoms with Crippen LogP contribution in [0.25, 0.3) is 0 Å². The predicted octanol–water partition coefficient (Wildman–Crippen LogP) is 3.48. The second-order valence-electron chi connectivity index (χ2n) is 6.52. The van der Waals surface area contributed by atoms with Crippen LogP contribution >= 0.6 is 0 Å². The molecule has 1 fully saturated rings. The van der Waals surface area contributed by atoms with Gasteiger partial charge in [0.05, 0.1) is 19.3 Å². The fourth-order valence-electron chi connectivity index (χ4n) is 3.18. The Morgan fingerprint density at radius 3 is 2.68 bits per heavy atom. The fourth-order valence-corrected chi connectivity index (χ4v) is 3.18. The van der Waals surface area contributed by atoms with Gasteiger partial charge in [-0.05, 0) is 37.1 Å². The zero-order chi connectivity index (χ0) is 17.2. The van der Waals surface area contributed by atoms with E-state index in [9.17, 15) is 0 Å². The normalized spacial score (nSPS) is 17.2. The molecule has 1 aliphatic heterocycles. The number of ether oxygens (including phenoxy) is 1. The van der Waals surface area contributed by atoms with Crippen LogP contribution < -0.4 is 4.90 Å². The van der Waals surface area contributed by atoms with Crippen molar-refractivity contribution >= 4 is 5.69 Å². The second kappa shape index (κ2) is 6.69. The third kappa shape index (κ3) is 3.28. The van der Waals surface area contributed by atoms with Gasteiger partial charge >= 0.3 is 0 Å². The molecular formula is C20H22N4O. The van der Waals surface area contributed by atoms with E-state index in [0.717, 1.165) is 24.5 Å². The van der Waals surface area contributed by atoms with Crippen LogP contribution in [0.1, 0.15) is 28.6 Å². The molecule has 1 atom stereocenters. The first-order valence-corrected chi connectivity index (χ1v) is 8.60. The van der Waals surface area contributed by atoms with Gasteiger partial charge in [0.1, 0.15) is 5.69 Å². The Kier molecular flexibility index (Phi) is 4.24. The van der Waals surface area contributed by atoms with Gasteiger partial charge in [-0.1, -0.05) is 47.2 Å². The van der Waals surface area contributed by atoms with Crippen molar-refractivity contribution in [3.63, 3.8) is 0 Å². The molecule has 0 amide bonds. The van der Waals surface area contributed by atoms with Crippen LogP contribution in [0.5, 0.6) is 0 Å². The van der Waals surface area contributed by atoms with Crippen molar-refractivity contribution in [3.8, 4) is 0 Å². The number of aryl methyl sites for hydroxylation is 2. The summed E-state index contributed by atoms with van der Waals surface area (Å²) in [5, 5.41) is 8.66. The maximum atomic E-state index is 5.93. The lowest BCUT2D eigenvalue weighted by atomic mass is 10.1. The van der Waals surface area contributed by atoms with Crippen molar-refractivity contribution in [2.24, 2.45) is 0 Å². The highest BCUT2D eigenvalue weighted by Crippen LogP contribution is 2.31. The molecule has 25 heavy (non-hydrogen) atoms. The van der Waals surface area contributed by atoms with Crippen molar-refractivity contribution in [2.45, 2.75) is 26.6 Å². The number of nitrogens with zero attached hydrogens (tertiary/aromatic N) is 4. The van der Waals surface area contributed by atoms with E-state index in [-0.39, 0.29) is 6.23 Å². The van der Waals surface area contributed by atoms with Gasteiger partial charge in [0, 0.05) is 12.2 Å². The minimum atomic E-state index is -0.173. The summed E-state index contributed by atoms with van der Waals surface area (Å²) in [6, 6.07) is 16.9. The van der Waals surface area contributed by atoms with E-state index in [4.69, 9.17) is 4.74 Å². The maximum absolute atomic E-state index is 5.93. The van der Waals surface area contributed by atoms with Crippen LogP contribution in [0, 0.1) is 13.8 Å². The Labute approximate surface area is 147 Å². The van der Waals surface area contributed by atoms with Crippen LogP contribution in [-0.2, 0) is 11.3 Å². The lowest BCUT2D eigenvalue weighted by Gasteiger charge is -2.23. The standard InChI is InChI=1S/C20H22N4O/c1-15-7-9-18(10-8-15)24-11-12-25-20(24)19-14-23(22-21-19)13-17-6-4-3-5-16(17)2/h3-10,14,20H,11-13H2,1-2H3/t20-/m1/s1. The van der Waals surface area contributed by atoms with Gasteiger partial charge < -0.3 is 9.64 Å². The minimum absolute atomic E-state index is 0.173. The first-order chi connectivity index (χ1) is 12.2. The molecule has 2 heterocycles. The molecule has 0 spiro atoms. The lowest BCUT2D eigenvalue weighted by molar-refractivity contribution is 0.110. The van der Waals surface area contributed by atoms with Crippen molar-refractivity contribution in [3.05, 3.63) is 77.1 Å². The summed E-state index contributed by atoms with van der Waals surface area (Å²) in [4.78, 5) is 2.24. The first kappa shape index (κ1) is 15.8. The summed E-state index contributed by atoms with van der Waals surface area (Å²) in [5.41, 5.74) is 5.78. The van der Waals surface area contributed by atoms with Gasteiger partial charge in [-0.15, -0.1) is 5.10 Å². The molecule has 1 aliphatic rings. The molecule has 1 saturated heterocycles. The van der Waals surface area contributed by atoms with Gasteiger partial charge in [-0.3, -0.25) is 0 Å². The highest BCUT2D eigenvalue weighted by atomic mass is 16.5. The van der Waals surface area contributed by atoms with Crippen molar-refractivity contribution in [2.75, 3.05) is 18.1 Å². The highest BCUT2D eigenvalue weighted by Gasteiger charge is 2.29. The highest BCUT2D eigenvalue weighted by molar-refractivity contribution is 5.49. The summed E-state index contributed by atoms with van der Waals surface area (Å²) in [7, 11) is 0. The van der Waals surface area contributed by atoms with Gasteiger partial charge in [0.15, 0.2) is 6.23 Å². The Bertz CT molecular complexity index is 856. The molecule has 0 saturated carbocycles. The van der Waals surface area contributed by atoms with Crippen molar-refractivity contribution in [1.29, 1.82) is 0 Å². The number of aromatic nitrogens is 3. The molecule has 0 aliphatic carbocycles. The number of rotatable bonds is 4. The molecular weight excluding hydrogens is 312 g/mol. The summed E-state index contributed by atoms with van der Waals surface area (Å²) in [6.45, 7) is 6.49. The SMILES string of the molecule is Cc1ccc(N2CCO[C@@H]2c2cn(Cc3ccccc3C)nn2)cc1. The Morgan fingerprint density at radius 1 is 1.08 bits per heavy atom. The summed E-state index contributed by atoms with van der Waals surface area (Å²) in [5.74, 6) is 0. The largest absolute Gasteiger partial charge is 0.350 e. The van der Waals surface area contributed by atoms with Crippen LogP contribution in [0.4, 0.5) is 5.69 Å². The average molecular weight is 334 g/mol. The average Bonchev–Trinajstić information content (AvgIpc) is 3.27. The molecule has 5 heteroatoms. The predicted molar refractivity (Wildman–Crippen MR) is 97.5 cm³/mol. The van der Waals surface area contributed by atoms with E-state index < -0.39 is 0 Å². The molecule has 3 aromatic rings. The van der Waals surface area contributed by atoms with Crippen LogP contribution in [0.3, 0.4) is 0 Å². The maximum Gasteiger partial charge on any atom is 0.177 e. The fraction of sp³-hybridized carbons (Fsp3) is 0.300. The zero-order valence-electron chi connectivity index (χ0n) is 14.6. The van der Waals surface area contributed by atoms with Crippen LogP contribution in [0.15, 0.2) is 54.7 Å². The quantitative estimate of drug-likeness (QED) is 0.733. The van der Waals surface area contributed by atoms with Crippen LogP contribution in [0.2, 0.25) is 0 Å². The van der Waals surface area contributed by atoms with E-state index in [1.807, 2.05) is 10.9 Å². The summed E-state index contributed by atoms with van der Waals surface area (Å²) in [6.07, 6.45) is 1.82. The topological polar surface area (TPSA) is 43.2 Å². The van der Waals surface area contributed by atoms with Gasteiger partial charge in [0.25, 0.3) is 0 Å². The number of anilines is 1. The Balaban J connectivity index is 1.54. The monoisotopic (exact) mass is 334 g/mol. The number of hydrogen-bond donors (Lipinski definition) is 0. The molecule has 128 valence electrons. The Hall–Kier alpha value is -2.66. The second-order valence-corrected chi connectivity index (χ2v) is 6.52.